The summed E-state index contributed by atoms with van der Waals surface area (Å²) < 4.78 is 12.9. The number of nitrogens with zero attached hydrogens (tertiary/aromatic N) is 1. The molecule has 4 nitrogen and oxygen atoms in total. The van der Waals surface area contributed by atoms with Crippen molar-refractivity contribution in [3.8, 4) is 0 Å². The van der Waals surface area contributed by atoms with E-state index >= 15 is 0 Å². The van der Waals surface area contributed by atoms with Crippen molar-refractivity contribution in [2.24, 2.45) is 0 Å². The Kier molecular flexibility index (Phi) is 6.46. The highest BCUT2D eigenvalue weighted by atomic mass is 35.5. The van der Waals surface area contributed by atoms with Crippen LogP contribution in [0.3, 0.4) is 0 Å². The second-order valence-corrected chi connectivity index (χ2v) is 5.85. The quantitative estimate of drug-likeness (QED) is 0.620. The molecule has 0 saturated heterocycles. The minimum atomic E-state index is -0.773. The molecule has 1 aromatic heterocycles. The van der Waals surface area contributed by atoms with Crippen molar-refractivity contribution in [1.29, 1.82) is 0 Å². The van der Waals surface area contributed by atoms with Crippen LogP contribution >= 0.6 is 11.6 Å². The maximum absolute atomic E-state index is 12.9. The van der Waals surface area contributed by atoms with Crippen LogP contribution in [0.5, 0.6) is 0 Å². The van der Waals surface area contributed by atoms with Gasteiger partial charge in [-0.25, -0.2) is 9.37 Å². The molecule has 0 bridgehead atoms. The van der Waals surface area contributed by atoms with Gasteiger partial charge in [0.15, 0.2) is 0 Å². The predicted molar refractivity (Wildman–Crippen MR) is 91.9 cm³/mol. The number of hydrogen-bond donors (Lipinski definition) is 2. The average molecular weight is 349 g/mol. The number of carbonyl (C=O) groups is 1. The fraction of sp³-hybridized carbons (Fsp3) is 0.222. The van der Waals surface area contributed by atoms with Gasteiger partial charge in [-0.15, -0.1) is 0 Å². The molecule has 1 amide bonds. The van der Waals surface area contributed by atoms with Crippen molar-refractivity contribution in [3.05, 3.63) is 70.8 Å². The minimum Gasteiger partial charge on any atom is -0.388 e. The van der Waals surface area contributed by atoms with Crippen LogP contribution in [0, 0.1) is 5.82 Å². The minimum absolute atomic E-state index is 0.245. The zero-order valence-electron chi connectivity index (χ0n) is 13.1. The van der Waals surface area contributed by atoms with Crippen molar-refractivity contribution in [2.75, 3.05) is 0 Å². The molecule has 1 heterocycles. The third-order valence-corrected chi connectivity index (χ3v) is 3.62. The highest BCUT2D eigenvalue weighted by molar-refractivity contribution is 6.29. The molecule has 2 aromatic rings. The van der Waals surface area contributed by atoms with Gasteiger partial charge in [-0.2, -0.15) is 0 Å². The summed E-state index contributed by atoms with van der Waals surface area (Å²) in [4.78, 5) is 15.8. The van der Waals surface area contributed by atoms with Crippen molar-refractivity contribution in [2.45, 2.75) is 25.5 Å². The summed E-state index contributed by atoms with van der Waals surface area (Å²) in [5.74, 6) is -0.627. The van der Waals surface area contributed by atoms with E-state index in [-0.39, 0.29) is 17.8 Å². The fourth-order valence-electron chi connectivity index (χ4n) is 2.16. The summed E-state index contributed by atoms with van der Waals surface area (Å²) in [6.45, 7) is 1.79. The lowest BCUT2D eigenvalue weighted by Gasteiger charge is -2.17. The summed E-state index contributed by atoms with van der Waals surface area (Å²) in [5, 5.41) is 13.3. The Morgan fingerprint density at radius 1 is 1.33 bits per heavy atom. The van der Waals surface area contributed by atoms with Crippen LogP contribution in [-0.4, -0.2) is 22.0 Å². The van der Waals surface area contributed by atoms with Crippen molar-refractivity contribution >= 4 is 23.6 Å². The van der Waals surface area contributed by atoms with E-state index in [9.17, 15) is 14.3 Å². The number of hydrogen-bond acceptors (Lipinski definition) is 3. The van der Waals surface area contributed by atoms with E-state index in [0.717, 1.165) is 5.56 Å². The molecule has 0 aliphatic heterocycles. The summed E-state index contributed by atoms with van der Waals surface area (Å²) in [6, 6.07) is 8.80. The molecule has 0 saturated carbocycles. The predicted octanol–water partition coefficient (Wildman–Crippen LogP) is 3.52. The number of aromatic nitrogens is 1. The van der Waals surface area contributed by atoms with E-state index in [1.54, 1.807) is 31.3 Å². The number of aliphatic hydroxyl groups is 1. The first-order chi connectivity index (χ1) is 11.4. The number of carbonyl (C=O) groups excluding carboxylic acids is 1. The van der Waals surface area contributed by atoms with Gasteiger partial charge >= 0.3 is 0 Å². The van der Waals surface area contributed by atoms with Gasteiger partial charge in [0, 0.05) is 18.3 Å². The first-order valence-corrected chi connectivity index (χ1v) is 7.85. The van der Waals surface area contributed by atoms with E-state index in [1.807, 2.05) is 0 Å². The van der Waals surface area contributed by atoms with Gasteiger partial charge in [-0.3, -0.25) is 4.79 Å². The lowest BCUT2D eigenvalue weighted by molar-refractivity contribution is -0.117. The van der Waals surface area contributed by atoms with Gasteiger partial charge in [0.05, 0.1) is 6.10 Å². The second kappa shape index (κ2) is 8.57. The molecule has 0 fully saturated rings. The van der Waals surface area contributed by atoms with Crippen LogP contribution in [0.15, 0.2) is 48.7 Å². The van der Waals surface area contributed by atoms with Crippen LogP contribution in [0.25, 0.3) is 6.08 Å². The van der Waals surface area contributed by atoms with Crippen LogP contribution in [-0.2, 0) is 4.79 Å². The van der Waals surface area contributed by atoms with E-state index in [1.165, 1.54) is 30.3 Å². The Labute approximate surface area is 145 Å². The van der Waals surface area contributed by atoms with Crippen molar-refractivity contribution < 1.29 is 14.3 Å². The normalized spacial score (nSPS) is 13.7. The average Bonchev–Trinajstić information content (AvgIpc) is 2.54. The SMILES string of the molecule is CC(CC(O)c1ccc(F)cc1)NC(=O)/C=C/c1ccc(Cl)nc1. The van der Waals surface area contributed by atoms with Gasteiger partial charge in [-0.05, 0) is 48.7 Å². The largest absolute Gasteiger partial charge is 0.388 e. The summed E-state index contributed by atoms with van der Waals surface area (Å²) in [6.07, 6.45) is 4.14. The Morgan fingerprint density at radius 3 is 2.67 bits per heavy atom. The molecule has 0 spiro atoms. The van der Waals surface area contributed by atoms with Crippen LogP contribution < -0.4 is 5.32 Å². The zero-order chi connectivity index (χ0) is 17.5. The molecule has 126 valence electrons. The topological polar surface area (TPSA) is 62.2 Å². The van der Waals surface area contributed by atoms with Crippen LogP contribution in [0.1, 0.15) is 30.6 Å². The maximum Gasteiger partial charge on any atom is 0.244 e. The number of aliphatic hydroxyl groups excluding tert-OH is 1. The molecular formula is C18H18ClFN2O2. The van der Waals surface area contributed by atoms with E-state index < -0.39 is 6.10 Å². The maximum atomic E-state index is 12.9. The number of pyridine rings is 1. The smallest absolute Gasteiger partial charge is 0.244 e. The summed E-state index contributed by atoms with van der Waals surface area (Å²) in [5.41, 5.74) is 1.37. The highest BCUT2D eigenvalue weighted by Gasteiger charge is 2.13. The highest BCUT2D eigenvalue weighted by Crippen LogP contribution is 2.18. The fourth-order valence-corrected chi connectivity index (χ4v) is 2.28. The molecular weight excluding hydrogens is 331 g/mol. The number of rotatable bonds is 6. The Hall–Kier alpha value is -2.24. The number of halogens is 2. The molecule has 6 heteroatoms. The third-order valence-electron chi connectivity index (χ3n) is 3.40. The molecule has 2 unspecified atom stereocenters. The monoisotopic (exact) mass is 348 g/mol. The number of benzene rings is 1. The third kappa shape index (κ3) is 5.76. The van der Waals surface area contributed by atoms with Crippen molar-refractivity contribution in [1.82, 2.24) is 10.3 Å². The molecule has 1 aromatic carbocycles. The molecule has 2 rings (SSSR count). The van der Waals surface area contributed by atoms with Crippen LogP contribution in [0.2, 0.25) is 5.15 Å². The second-order valence-electron chi connectivity index (χ2n) is 5.46. The molecule has 0 radical (unpaired) electrons. The van der Waals surface area contributed by atoms with Gasteiger partial charge in [0.25, 0.3) is 0 Å². The Morgan fingerprint density at radius 2 is 2.04 bits per heavy atom. The van der Waals surface area contributed by atoms with Gasteiger partial charge in [0.1, 0.15) is 11.0 Å². The molecule has 2 N–H and O–H groups in total. The first-order valence-electron chi connectivity index (χ1n) is 7.47. The summed E-state index contributed by atoms with van der Waals surface area (Å²) in [7, 11) is 0. The summed E-state index contributed by atoms with van der Waals surface area (Å²) >= 11 is 5.69. The van der Waals surface area contributed by atoms with Crippen LogP contribution in [0.4, 0.5) is 4.39 Å². The van der Waals surface area contributed by atoms with Crippen molar-refractivity contribution in [3.63, 3.8) is 0 Å². The Balaban J connectivity index is 1.84. The molecule has 0 aliphatic rings. The molecule has 0 aliphatic carbocycles. The Bertz CT molecular complexity index is 702. The lowest BCUT2D eigenvalue weighted by atomic mass is 10.0. The molecule has 2 atom stereocenters. The lowest BCUT2D eigenvalue weighted by Crippen LogP contribution is -2.32. The van der Waals surface area contributed by atoms with Gasteiger partial charge in [0.2, 0.25) is 5.91 Å². The van der Waals surface area contributed by atoms with Gasteiger partial charge in [-0.1, -0.05) is 29.8 Å². The van der Waals surface area contributed by atoms with E-state index in [0.29, 0.717) is 17.1 Å². The van der Waals surface area contributed by atoms with E-state index in [2.05, 4.69) is 10.3 Å². The van der Waals surface area contributed by atoms with Gasteiger partial charge < -0.3 is 10.4 Å². The number of amides is 1. The number of nitrogens with one attached hydrogen (secondary N) is 1. The first kappa shape index (κ1) is 18.1. The zero-order valence-corrected chi connectivity index (χ0v) is 13.9. The molecule has 24 heavy (non-hydrogen) atoms. The van der Waals surface area contributed by atoms with E-state index in [4.69, 9.17) is 11.6 Å². The standard InChI is InChI=1S/C18H18ClFN2O2/c1-12(10-16(23)14-4-6-15(20)7-5-14)22-18(24)9-3-13-2-8-17(19)21-11-13/h2-9,11-12,16,23H,10H2,1H3,(H,22,24)/b9-3+.